The SMILES string of the molecule is CC(C)CCNC(=O)COC(=O)C[C@H](NC(N)=O)c1ccc(Cl)cc1. The van der Waals surface area contributed by atoms with E-state index in [0.717, 1.165) is 6.42 Å². The van der Waals surface area contributed by atoms with Gasteiger partial charge in [0.15, 0.2) is 6.61 Å². The van der Waals surface area contributed by atoms with E-state index in [1.807, 2.05) is 0 Å². The van der Waals surface area contributed by atoms with Crippen LogP contribution in [-0.2, 0) is 14.3 Å². The molecule has 3 amide bonds. The molecule has 25 heavy (non-hydrogen) atoms. The zero-order valence-corrected chi connectivity index (χ0v) is 15.1. The third kappa shape index (κ3) is 8.95. The van der Waals surface area contributed by atoms with Crippen molar-refractivity contribution in [2.75, 3.05) is 13.2 Å². The summed E-state index contributed by atoms with van der Waals surface area (Å²) in [6.45, 7) is 4.27. The molecule has 0 radical (unpaired) electrons. The van der Waals surface area contributed by atoms with Crippen LogP contribution < -0.4 is 16.4 Å². The van der Waals surface area contributed by atoms with E-state index in [1.165, 1.54) is 0 Å². The molecule has 1 aromatic carbocycles. The third-order valence-electron chi connectivity index (χ3n) is 3.37. The number of rotatable bonds is 9. The molecular formula is C17H24ClN3O4. The van der Waals surface area contributed by atoms with Crippen molar-refractivity contribution in [3.05, 3.63) is 34.9 Å². The monoisotopic (exact) mass is 369 g/mol. The van der Waals surface area contributed by atoms with Gasteiger partial charge in [-0.25, -0.2) is 4.79 Å². The summed E-state index contributed by atoms with van der Waals surface area (Å²) in [5, 5.41) is 5.68. The fourth-order valence-corrected chi connectivity index (χ4v) is 2.17. The van der Waals surface area contributed by atoms with E-state index in [2.05, 4.69) is 24.5 Å². The lowest BCUT2D eigenvalue weighted by atomic mass is 10.0. The van der Waals surface area contributed by atoms with Crippen LogP contribution in [0.5, 0.6) is 0 Å². The van der Waals surface area contributed by atoms with E-state index in [0.29, 0.717) is 23.0 Å². The number of nitrogens with one attached hydrogen (secondary N) is 2. The van der Waals surface area contributed by atoms with E-state index in [4.69, 9.17) is 22.1 Å². The van der Waals surface area contributed by atoms with Gasteiger partial charge in [0, 0.05) is 11.6 Å². The van der Waals surface area contributed by atoms with Crippen LogP contribution in [0.4, 0.5) is 4.79 Å². The number of halogens is 1. The number of urea groups is 1. The Balaban J connectivity index is 2.51. The molecule has 0 spiro atoms. The predicted molar refractivity (Wildman–Crippen MR) is 95.0 cm³/mol. The molecule has 8 heteroatoms. The Morgan fingerprint density at radius 3 is 2.40 bits per heavy atom. The minimum absolute atomic E-state index is 0.149. The summed E-state index contributed by atoms with van der Waals surface area (Å²) in [6, 6.07) is 5.20. The van der Waals surface area contributed by atoms with Crippen molar-refractivity contribution in [1.82, 2.24) is 10.6 Å². The maximum atomic E-state index is 11.9. The van der Waals surface area contributed by atoms with Crippen LogP contribution in [-0.4, -0.2) is 31.1 Å². The van der Waals surface area contributed by atoms with Gasteiger partial charge in [0.1, 0.15) is 0 Å². The molecule has 0 unspecified atom stereocenters. The number of hydrogen-bond acceptors (Lipinski definition) is 4. The predicted octanol–water partition coefficient (Wildman–Crippen LogP) is 2.14. The lowest BCUT2D eigenvalue weighted by Crippen LogP contribution is -2.35. The van der Waals surface area contributed by atoms with Gasteiger partial charge in [0.2, 0.25) is 0 Å². The molecule has 0 saturated heterocycles. The number of benzene rings is 1. The Bertz CT molecular complexity index is 590. The summed E-state index contributed by atoms with van der Waals surface area (Å²) >= 11 is 5.83. The van der Waals surface area contributed by atoms with Crippen LogP contribution in [0.3, 0.4) is 0 Å². The van der Waals surface area contributed by atoms with Gasteiger partial charge in [-0.05, 0) is 30.0 Å². The Hall–Kier alpha value is -2.28. The quantitative estimate of drug-likeness (QED) is 0.579. The van der Waals surface area contributed by atoms with Crippen molar-refractivity contribution in [3.63, 3.8) is 0 Å². The maximum Gasteiger partial charge on any atom is 0.312 e. The molecule has 1 rings (SSSR count). The van der Waals surface area contributed by atoms with Crippen molar-refractivity contribution in [1.29, 1.82) is 0 Å². The summed E-state index contributed by atoms with van der Waals surface area (Å²) in [4.78, 5) is 34.7. The van der Waals surface area contributed by atoms with Crippen LogP contribution in [0.25, 0.3) is 0 Å². The lowest BCUT2D eigenvalue weighted by Gasteiger charge is -2.17. The fourth-order valence-electron chi connectivity index (χ4n) is 2.04. The first kappa shape index (κ1) is 20.8. The molecule has 1 atom stereocenters. The van der Waals surface area contributed by atoms with Crippen molar-refractivity contribution >= 4 is 29.5 Å². The van der Waals surface area contributed by atoms with Crippen LogP contribution in [0.2, 0.25) is 5.02 Å². The van der Waals surface area contributed by atoms with Gasteiger partial charge in [-0.15, -0.1) is 0 Å². The highest BCUT2D eigenvalue weighted by Gasteiger charge is 2.19. The number of ether oxygens (including phenoxy) is 1. The second-order valence-corrected chi connectivity index (χ2v) is 6.45. The van der Waals surface area contributed by atoms with Gasteiger partial charge in [-0.3, -0.25) is 9.59 Å². The fraction of sp³-hybridized carbons (Fsp3) is 0.471. The van der Waals surface area contributed by atoms with Gasteiger partial charge in [0.25, 0.3) is 5.91 Å². The zero-order chi connectivity index (χ0) is 18.8. The first-order valence-electron chi connectivity index (χ1n) is 8.01. The summed E-state index contributed by atoms with van der Waals surface area (Å²) in [6.07, 6.45) is 0.699. The highest BCUT2D eigenvalue weighted by atomic mass is 35.5. The normalized spacial score (nSPS) is 11.7. The highest BCUT2D eigenvalue weighted by Crippen LogP contribution is 2.19. The standard InChI is InChI=1S/C17H24ClN3O4/c1-11(2)7-8-20-15(22)10-25-16(23)9-14(21-17(19)24)12-3-5-13(18)6-4-12/h3-6,11,14H,7-10H2,1-2H3,(H,20,22)(H3,19,21,24)/t14-/m0/s1. The van der Waals surface area contributed by atoms with E-state index >= 15 is 0 Å². The van der Waals surface area contributed by atoms with Crippen molar-refractivity contribution in [2.45, 2.75) is 32.7 Å². The molecule has 0 heterocycles. The van der Waals surface area contributed by atoms with Gasteiger partial charge in [0.05, 0.1) is 12.5 Å². The molecule has 0 aliphatic carbocycles. The number of hydrogen-bond donors (Lipinski definition) is 3. The smallest absolute Gasteiger partial charge is 0.312 e. The van der Waals surface area contributed by atoms with Crippen molar-refractivity contribution in [2.24, 2.45) is 11.7 Å². The zero-order valence-electron chi connectivity index (χ0n) is 14.4. The number of carbonyl (C=O) groups excluding carboxylic acids is 3. The largest absolute Gasteiger partial charge is 0.456 e. The van der Waals surface area contributed by atoms with Crippen molar-refractivity contribution < 1.29 is 19.1 Å². The summed E-state index contributed by atoms with van der Waals surface area (Å²) in [5.74, 6) is -0.504. The number of amides is 3. The Morgan fingerprint density at radius 2 is 1.84 bits per heavy atom. The molecule has 0 saturated carbocycles. The van der Waals surface area contributed by atoms with Gasteiger partial charge < -0.3 is 21.1 Å². The first-order valence-corrected chi connectivity index (χ1v) is 8.39. The van der Waals surface area contributed by atoms with Crippen LogP contribution >= 0.6 is 11.6 Å². The maximum absolute atomic E-state index is 11.9. The number of primary amides is 1. The summed E-state index contributed by atoms with van der Waals surface area (Å²) in [5.41, 5.74) is 5.80. The molecule has 0 aliphatic heterocycles. The first-order chi connectivity index (χ1) is 11.8. The molecule has 0 bridgehead atoms. The average molecular weight is 370 g/mol. The average Bonchev–Trinajstić information content (AvgIpc) is 2.52. The third-order valence-corrected chi connectivity index (χ3v) is 3.62. The number of nitrogens with two attached hydrogens (primary N) is 1. The Morgan fingerprint density at radius 1 is 1.20 bits per heavy atom. The molecule has 1 aromatic rings. The van der Waals surface area contributed by atoms with Gasteiger partial charge in [-0.1, -0.05) is 37.6 Å². The van der Waals surface area contributed by atoms with E-state index < -0.39 is 18.0 Å². The molecule has 0 fully saturated rings. The van der Waals surface area contributed by atoms with Crippen LogP contribution in [0.15, 0.2) is 24.3 Å². The number of esters is 1. The van der Waals surface area contributed by atoms with Crippen LogP contribution in [0, 0.1) is 5.92 Å². The number of carbonyl (C=O) groups is 3. The molecule has 0 aromatic heterocycles. The molecule has 7 nitrogen and oxygen atoms in total. The summed E-state index contributed by atoms with van der Waals surface area (Å²) < 4.78 is 4.95. The second-order valence-electron chi connectivity index (χ2n) is 6.01. The highest BCUT2D eigenvalue weighted by molar-refractivity contribution is 6.30. The van der Waals surface area contributed by atoms with Gasteiger partial charge >= 0.3 is 12.0 Å². The summed E-state index contributed by atoms with van der Waals surface area (Å²) in [7, 11) is 0. The molecule has 138 valence electrons. The van der Waals surface area contributed by atoms with E-state index in [1.54, 1.807) is 24.3 Å². The molecular weight excluding hydrogens is 346 g/mol. The van der Waals surface area contributed by atoms with Gasteiger partial charge in [-0.2, -0.15) is 0 Å². The van der Waals surface area contributed by atoms with E-state index in [9.17, 15) is 14.4 Å². The molecule has 4 N–H and O–H groups in total. The lowest BCUT2D eigenvalue weighted by molar-refractivity contribution is -0.149. The Labute approximate surface area is 152 Å². The van der Waals surface area contributed by atoms with Crippen molar-refractivity contribution in [3.8, 4) is 0 Å². The molecule has 0 aliphatic rings. The van der Waals surface area contributed by atoms with E-state index in [-0.39, 0.29) is 18.9 Å². The topological polar surface area (TPSA) is 111 Å². The minimum atomic E-state index is -0.765. The van der Waals surface area contributed by atoms with Crippen LogP contribution in [0.1, 0.15) is 38.3 Å². The minimum Gasteiger partial charge on any atom is -0.456 e. The Kier molecular flexibility index (Phi) is 8.77. The second kappa shape index (κ2) is 10.6.